The van der Waals surface area contributed by atoms with E-state index < -0.39 is 10.0 Å². The van der Waals surface area contributed by atoms with Crippen molar-refractivity contribution in [1.82, 2.24) is 4.72 Å². The fourth-order valence-electron chi connectivity index (χ4n) is 2.69. The van der Waals surface area contributed by atoms with Crippen LogP contribution in [-0.2, 0) is 14.8 Å². The molecule has 26 heavy (non-hydrogen) atoms. The van der Waals surface area contributed by atoms with Crippen LogP contribution in [-0.4, -0.2) is 35.6 Å². The highest BCUT2D eigenvalue weighted by molar-refractivity contribution is 7.89. The van der Waals surface area contributed by atoms with E-state index in [1.807, 2.05) is 0 Å². The summed E-state index contributed by atoms with van der Waals surface area (Å²) in [6.07, 6.45) is 1.66. The second kappa shape index (κ2) is 6.81. The molecule has 0 unspecified atom stereocenters. The Labute approximate surface area is 151 Å². The molecule has 1 aliphatic heterocycles. The number of anilines is 1. The van der Waals surface area contributed by atoms with Gasteiger partial charge in [-0.15, -0.1) is 0 Å². The van der Waals surface area contributed by atoms with Crippen molar-refractivity contribution in [1.29, 1.82) is 0 Å². The van der Waals surface area contributed by atoms with Crippen molar-refractivity contribution >= 4 is 33.3 Å². The van der Waals surface area contributed by atoms with Gasteiger partial charge in [-0.05, 0) is 43.5 Å². The SMILES string of the molecule is CNS(=O)(=O)c1ccc2c(c1)C(=Cc1ccc(OC)cc1OC)C(=O)N2. The molecule has 8 heteroatoms. The summed E-state index contributed by atoms with van der Waals surface area (Å²) in [5.74, 6) is 0.858. The van der Waals surface area contributed by atoms with E-state index in [0.717, 1.165) is 0 Å². The average molecular weight is 374 g/mol. The maximum absolute atomic E-state index is 12.4. The van der Waals surface area contributed by atoms with Crippen LogP contribution >= 0.6 is 0 Å². The topological polar surface area (TPSA) is 93.7 Å². The number of sulfonamides is 1. The lowest BCUT2D eigenvalue weighted by Gasteiger charge is -2.08. The zero-order chi connectivity index (χ0) is 18.9. The van der Waals surface area contributed by atoms with Crippen LogP contribution in [0, 0.1) is 0 Å². The number of rotatable bonds is 5. The average Bonchev–Trinajstić information content (AvgIpc) is 2.96. The third-order valence-corrected chi connectivity index (χ3v) is 5.51. The molecule has 0 aromatic heterocycles. The number of benzene rings is 2. The first-order valence-electron chi connectivity index (χ1n) is 7.72. The number of ether oxygens (including phenoxy) is 2. The van der Waals surface area contributed by atoms with Gasteiger partial charge in [0.1, 0.15) is 11.5 Å². The standard InChI is InChI=1S/C18H18N2O5S/c1-19-26(22,23)13-6-7-16-14(10-13)15(18(21)20-16)8-11-4-5-12(24-2)9-17(11)25-3/h4-10,19H,1-3H3,(H,20,21). The Morgan fingerprint density at radius 2 is 1.85 bits per heavy atom. The Balaban J connectivity index is 2.12. The lowest BCUT2D eigenvalue weighted by molar-refractivity contribution is -0.110. The molecule has 2 aromatic rings. The van der Waals surface area contributed by atoms with Gasteiger partial charge in [-0.2, -0.15) is 0 Å². The van der Waals surface area contributed by atoms with Gasteiger partial charge in [0, 0.05) is 28.5 Å². The molecule has 0 fully saturated rings. The maximum Gasteiger partial charge on any atom is 0.256 e. The summed E-state index contributed by atoms with van der Waals surface area (Å²) >= 11 is 0. The van der Waals surface area contributed by atoms with Gasteiger partial charge in [0.25, 0.3) is 5.91 Å². The van der Waals surface area contributed by atoms with Crippen LogP contribution in [0.25, 0.3) is 11.6 Å². The van der Waals surface area contributed by atoms with E-state index in [1.165, 1.54) is 26.3 Å². The van der Waals surface area contributed by atoms with Gasteiger partial charge in [0.15, 0.2) is 0 Å². The monoisotopic (exact) mass is 374 g/mol. The first-order chi connectivity index (χ1) is 12.4. The Hall–Kier alpha value is -2.84. The van der Waals surface area contributed by atoms with E-state index in [4.69, 9.17) is 9.47 Å². The fourth-order valence-corrected chi connectivity index (χ4v) is 3.44. The molecule has 0 spiro atoms. The Morgan fingerprint density at radius 1 is 1.08 bits per heavy atom. The molecular weight excluding hydrogens is 356 g/mol. The molecule has 7 nitrogen and oxygen atoms in total. The Bertz CT molecular complexity index is 1010. The van der Waals surface area contributed by atoms with Crippen molar-refractivity contribution in [2.45, 2.75) is 4.90 Å². The smallest absolute Gasteiger partial charge is 0.256 e. The van der Waals surface area contributed by atoms with Crippen LogP contribution < -0.4 is 19.5 Å². The van der Waals surface area contributed by atoms with Crippen molar-refractivity contribution in [3.05, 3.63) is 47.5 Å². The van der Waals surface area contributed by atoms with Crippen LogP contribution in [0.3, 0.4) is 0 Å². The molecule has 0 atom stereocenters. The van der Waals surface area contributed by atoms with E-state index in [1.54, 1.807) is 37.5 Å². The fraction of sp³-hybridized carbons (Fsp3) is 0.167. The summed E-state index contributed by atoms with van der Waals surface area (Å²) in [6.45, 7) is 0. The summed E-state index contributed by atoms with van der Waals surface area (Å²) in [6, 6.07) is 9.73. The third kappa shape index (κ3) is 3.16. The second-order valence-corrected chi connectivity index (χ2v) is 7.42. The molecule has 0 aliphatic carbocycles. The first-order valence-corrected chi connectivity index (χ1v) is 9.21. The number of carbonyl (C=O) groups is 1. The quantitative estimate of drug-likeness (QED) is 0.782. The molecule has 1 heterocycles. The minimum absolute atomic E-state index is 0.0860. The summed E-state index contributed by atoms with van der Waals surface area (Å²) in [5.41, 5.74) is 2.11. The van der Waals surface area contributed by atoms with Gasteiger partial charge < -0.3 is 14.8 Å². The molecule has 0 saturated carbocycles. The van der Waals surface area contributed by atoms with Crippen LogP contribution in [0.1, 0.15) is 11.1 Å². The molecule has 0 saturated heterocycles. The number of fused-ring (bicyclic) bond motifs is 1. The number of methoxy groups -OCH3 is 2. The molecule has 3 rings (SSSR count). The molecule has 0 radical (unpaired) electrons. The highest BCUT2D eigenvalue weighted by Gasteiger charge is 2.26. The third-order valence-electron chi connectivity index (χ3n) is 4.09. The van der Waals surface area contributed by atoms with Gasteiger partial charge in [-0.1, -0.05) is 0 Å². The minimum Gasteiger partial charge on any atom is -0.497 e. The minimum atomic E-state index is -3.61. The number of hydrogen-bond donors (Lipinski definition) is 2. The number of amides is 1. The van der Waals surface area contributed by atoms with Crippen molar-refractivity contribution in [2.75, 3.05) is 26.6 Å². The summed E-state index contributed by atoms with van der Waals surface area (Å²) in [7, 11) is 0.803. The summed E-state index contributed by atoms with van der Waals surface area (Å²) in [4.78, 5) is 12.5. The zero-order valence-corrected chi connectivity index (χ0v) is 15.3. The van der Waals surface area contributed by atoms with E-state index in [9.17, 15) is 13.2 Å². The number of nitrogens with one attached hydrogen (secondary N) is 2. The van der Waals surface area contributed by atoms with E-state index in [2.05, 4.69) is 10.0 Å². The van der Waals surface area contributed by atoms with Crippen molar-refractivity contribution in [3.8, 4) is 11.5 Å². The van der Waals surface area contributed by atoms with E-state index >= 15 is 0 Å². The van der Waals surface area contributed by atoms with Gasteiger partial charge in [-0.3, -0.25) is 4.79 Å². The zero-order valence-electron chi connectivity index (χ0n) is 14.5. The molecule has 136 valence electrons. The van der Waals surface area contributed by atoms with Gasteiger partial charge in [-0.25, -0.2) is 13.1 Å². The number of hydrogen-bond acceptors (Lipinski definition) is 5. The van der Waals surface area contributed by atoms with Gasteiger partial charge in [0.05, 0.1) is 19.1 Å². The predicted molar refractivity (Wildman–Crippen MR) is 98.7 cm³/mol. The Morgan fingerprint density at radius 3 is 2.50 bits per heavy atom. The van der Waals surface area contributed by atoms with E-state index in [0.29, 0.717) is 33.9 Å². The highest BCUT2D eigenvalue weighted by atomic mass is 32.2. The number of carbonyl (C=O) groups excluding carboxylic acids is 1. The summed E-state index contributed by atoms with van der Waals surface area (Å²) in [5, 5.41) is 2.74. The van der Waals surface area contributed by atoms with Crippen LogP contribution in [0.2, 0.25) is 0 Å². The van der Waals surface area contributed by atoms with Crippen LogP contribution in [0.5, 0.6) is 11.5 Å². The molecular formula is C18H18N2O5S. The predicted octanol–water partition coefficient (Wildman–Crippen LogP) is 2.10. The largest absolute Gasteiger partial charge is 0.497 e. The summed E-state index contributed by atoms with van der Waals surface area (Å²) < 4.78 is 36.9. The normalized spacial score (nSPS) is 14.9. The lowest BCUT2D eigenvalue weighted by Crippen LogP contribution is -2.18. The van der Waals surface area contributed by atoms with Crippen molar-refractivity contribution in [3.63, 3.8) is 0 Å². The maximum atomic E-state index is 12.4. The molecule has 2 aromatic carbocycles. The van der Waals surface area contributed by atoms with Crippen LogP contribution in [0.15, 0.2) is 41.3 Å². The molecule has 0 bridgehead atoms. The van der Waals surface area contributed by atoms with Crippen molar-refractivity contribution in [2.24, 2.45) is 0 Å². The Kier molecular flexibility index (Phi) is 4.71. The van der Waals surface area contributed by atoms with Gasteiger partial charge >= 0.3 is 0 Å². The molecule has 2 N–H and O–H groups in total. The molecule has 1 amide bonds. The van der Waals surface area contributed by atoms with Crippen LogP contribution in [0.4, 0.5) is 5.69 Å². The lowest BCUT2D eigenvalue weighted by atomic mass is 10.0. The van der Waals surface area contributed by atoms with Gasteiger partial charge in [0.2, 0.25) is 10.0 Å². The van der Waals surface area contributed by atoms with Crippen molar-refractivity contribution < 1.29 is 22.7 Å². The second-order valence-electron chi connectivity index (χ2n) is 5.53. The highest BCUT2D eigenvalue weighted by Crippen LogP contribution is 2.36. The first kappa shape index (κ1) is 18.0. The molecule has 1 aliphatic rings. The van der Waals surface area contributed by atoms with E-state index in [-0.39, 0.29) is 10.8 Å².